The number of allylic oxidation sites excluding steroid dienone is 4. The summed E-state index contributed by atoms with van der Waals surface area (Å²) in [5.74, 6) is 1.60. The summed E-state index contributed by atoms with van der Waals surface area (Å²) in [7, 11) is 0. The molecule has 1 aromatic rings. The third-order valence-corrected chi connectivity index (χ3v) is 5.23. The minimum absolute atomic E-state index is 0.0480. The van der Waals surface area contributed by atoms with E-state index in [0.717, 1.165) is 18.5 Å². The van der Waals surface area contributed by atoms with Crippen molar-refractivity contribution in [3.63, 3.8) is 0 Å². The summed E-state index contributed by atoms with van der Waals surface area (Å²) < 4.78 is 22.6. The van der Waals surface area contributed by atoms with Gasteiger partial charge in [-0.2, -0.15) is 0 Å². The highest BCUT2D eigenvalue weighted by Crippen LogP contribution is 2.31. The molecule has 0 atom stereocenters. The van der Waals surface area contributed by atoms with Crippen LogP contribution in [0.25, 0.3) is 0 Å². The van der Waals surface area contributed by atoms with Gasteiger partial charge in [-0.15, -0.1) is 0 Å². The largest absolute Gasteiger partial charge is 0.474 e. The molecule has 9 heteroatoms. The molecule has 1 aromatic heterocycles. The van der Waals surface area contributed by atoms with Gasteiger partial charge in [-0.25, -0.2) is 14.8 Å². The standard InChI is InChI=1S/C24H30N4O5/c1-24(2,3)33-23(29)27-11-9-19(10-12-27)32-21-15-20(25-17-26-21)28(18-7-5-4-6-8-18)22-16-30-13-14-31-22/h4-5,7,13-17,19H,6,8-12H2,1-3H3. The first-order chi connectivity index (χ1) is 15.9. The van der Waals surface area contributed by atoms with E-state index < -0.39 is 5.60 Å². The van der Waals surface area contributed by atoms with Crippen LogP contribution in [-0.4, -0.2) is 45.8 Å². The Hall–Kier alpha value is -3.49. The molecule has 9 nitrogen and oxygen atoms in total. The van der Waals surface area contributed by atoms with Gasteiger partial charge in [0.05, 0.1) is 0 Å². The van der Waals surface area contributed by atoms with Gasteiger partial charge in [-0.05, 0) is 39.7 Å². The van der Waals surface area contributed by atoms with Crippen LogP contribution >= 0.6 is 0 Å². The fourth-order valence-electron chi connectivity index (χ4n) is 3.71. The quantitative estimate of drug-likeness (QED) is 0.637. The molecule has 176 valence electrons. The van der Waals surface area contributed by atoms with Crippen molar-refractivity contribution in [2.75, 3.05) is 18.0 Å². The summed E-state index contributed by atoms with van der Waals surface area (Å²) >= 11 is 0. The van der Waals surface area contributed by atoms with Gasteiger partial charge < -0.3 is 23.8 Å². The lowest BCUT2D eigenvalue weighted by Crippen LogP contribution is -2.44. The molecule has 0 aromatic carbocycles. The maximum Gasteiger partial charge on any atom is 0.410 e. The number of likely N-dealkylation sites (tertiary alicyclic amines) is 1. The van der Waals surface area contributed by atoms with E-state index in [2.05, 4.69) is 16.0 Å². The van der Waals surface area contributed by atoms with Crippen LogP contribution in [0.5, 0.6) is 5.88 Å². The maximum absolute atomic E-state index is 12.3. The lowest BCUT2D eigenvalue weighted by molar-refractivity contribution is 0.0123. The maximum atomic E-state index is 12.3. The first-order valence-electron chi connectivity index (χ1n) is 11.2. The molecule has 1 aliphatic carbocycles. The van der Waals surface area contributed by atoms with Gasteiger partial charge in [0.2, 0.25) is 11.8 Å². The Bertz CT molecular complexity index is 971. The van der Waals surface area contributed by atoms with E-state index in [1.165, 1.54) is 25.1 Å². The van der Waals surface area contributed by atoms with Crippen molar-refractivity contribution in [2.24, 2.45) is 0 Å². The van der Waals surface area contributed by atoms with Gasteiger partial charge in [0, 0.05) is 37.7 Å². The van der Waals surface area contributed by atoms with E-state index in [4.69, 9.17) is 18.9 Å². The Labute approximate surface area is 194 Å². The van der Waals surface area contributed by atoms with Crippen molar-refractivity contribution in [1.29, 1.82) is 0 Å². The summed E-state index contributed by atoms with van der Waals surface area (Å²) in [5, 5.41) is 0. The van der Waals surface area contributed by atoms with Crippen LogP contribution in [0.3, 0.4) is 0 Å². The number of ether oxygens (including phenoxy) is 4. The van der Waals surface area contributed by atoms with Gasteiger partial charge in [-0.3, -0.25) is 4.90 Å². The Kier molecular flexibility index (Phi) is 6.86. The number of nitrogens with zero attached hydrogens (tertiary/aromatic N) is 4. The molecule has 1 fully saturated rings. The molecule has 0 saturated carbocycles. The lowest BCUT2D eigenvalue weighted by Gasteiger charge is -2.33. The molecule has 0 radical (unpaired) electrons. The Morgan fingerprint density at radius 3 is 2.70 bits per heavy atom. The number of rotatable bonds is 5. The molecule has 0 unspecified atom stereocenters. The number of anilines is 1. The molecule has 1 saturated heterocycles. The van der Waals surface area contributed by atoms with Gasteiger partial charge in [-0.1, -0.05) is 12.2 Å². The minimum atomic E-state index is -0.504. The van der Waals surface area contributed by atoms with E-state index in [1.54, 1.807) is 11.0 Å². The average molecular weight is 455 g/mol. The zero-order chi connectivity index (χ0) is 23.3. The fraction of sp³-hybridized carbons (Fsp3) is 0.458. The number of carbonyl (C=O) groups excluding carboxylic acids is 1. The molecular formula is C24H30N4O5. The molecular weight excluding hydrogens is 424 g/mol. The number of amides is 1. The first kappa shape index (κ1) is 22.7. The van der Waals surface area contributed by atoms with Gasteiger partial charge in [0.25, 0.3) is 0 Å². The number of hydrogen-bond acceptors (Lipinski definition) is 8. The van der Waals surface area contributed by atoms with E-state index in [-0.39, 0.29) is 12.2 Å². The second-order valence-corrected chi connectivity index (χ2v) is 8.94. The van der Waals surface area contributed by atoms with Crippen molar-refractivity contribution >= 4 is 11.9 Å². The first-order valence-corrected chi connectivity index (χ1v) is 11.2. The molecule has 3 aliphatic rings. The SMILES string of the molecule is CC(C)(C)OC(=O)N1CCC(Oc2cc(N(C3=CC=CCC3)C3=COC=CO3)ncn2)CC1. The summed E-state index contributed by atoms with van der Waals surface area (Å²) in [6.07, 6.45) is 15.0. The zero-order valence-corrected chi connectivity index (χ0v) is 19.3. The molecule has 3 heterocycles. The normalized spacial score (nSPS) is 18.6. The van der Waals surface area contributed by atoms with Crippen LogP contribution in [0.4, 0.5) is 10.6 Å². The number of piperidine rings is 1. The van der Waals surface area contributed by atoms with E-state index in [9.17, 15) is 4.79 Å². The average Bonchev–Trinajstić information content (AvgIpc) is 2.80. The highest BCUT2D eigenvalue weighted by Gasteiger charge is 2.28. The van der Waals surface area contributed by atoms with Crippen molar-refractivity contribution < 1.29 is 23.7 Å². The highest BCUT2D eigenvalue weighted by molar-refractivity contribution is 5.68. The molecule has 0 N–H and O–H groups in total. The second-order valence-electron chi connectivity index (χ2n) is 8.94. The predicted octanol–water partition coefficient (Wildman–Crippen LogP) is 4.61. The van der Waals surface area contributed by atoms with Crippen LogP contribution in [0, 0.1) is 0 Å². The number of carbonyl (C=O) groups is 1. The molecule has 4 rings (SSSR count). The van der Waals surface area contributed by atoms with Crippen molar-refractivity contribution in [2.45, 2.75) is 58.2 Å². The van der Waals surface area contributed by atoms with E-state index >= 15 is 0 Å². The van der Waals surface area contributed by atoms with Crippen LogP contribution in [0.2, 0.25) is 0 Å². The van der Waals surface area contributed by atoms with E-state index in [0.29, 0.717) is 43.5 Å². The van der Waals surface area contributed by atoms with Crippen molar-refractivity contribution in [1.82, 2.24) is 14.9 Å². The van der Waals surface area contributed by atoms with Crippen molar-refractivity contribution in [3.05, 3.63) is 61.0 Å². The monoisotopic (exact) mass is 454 g/mol. The van der Waals surface area contributed by atoms with E-state index in [1.807, 2.05) is 37.8 Å². The lowest BCUT2D eigenvalue weighted by atomic mass is 10.1. The molecule has 0 bridgehead atoms. The molecule has 2 aliphatic heterocycles. The number of aromatic nitrogens is 2. The predicted molar refractivity (Wildman–Crippen MR) is 122 cm³/mol. The molecule has 0 spiro atoms. The summed E-state index contributed by atoms with van der Waals surface area (Å²) in [4.78, 5) is 24.7. The Morgan fingerprint density at radius 1 is 1.21 bits per heavy atom. The minimum Gasteiger partial charge on any atom is -0.474 e. The Balaban J connectivity index is 1.43. The van der Waals surface area contributed by atoms with Gasteiger partial charge in [0.1, 0.15) is 36.4 Å². The summed E-state index contributed by atoms with van der Waals surface area (Å²) in [6, 6.07) is 1.79. The molecule has 33 heavy (non-hydrogen) atoms. The fourth-order valence-corrected chi connectivity index (χ4v) is 3.71. The smallest absolute Gasteiger partial charge is 0.410 e. The second kappa shape index (κ2) is 9.97. The van der Waals surface area contributed by atoms with Crippen LogP contribution < -0.4 is 9.64 Å². The van der Waals surface area contributed by atoms with Crippen molar-refractivity contribution in [3.8, 4) is 5.88 Å². The molecule has 1 amide bonds. The van der Waals surface area contributed by atoms with Gasteiger partial charge >= 0.3 is 6.09 Å². The summed E-state index contributed by atoms with van der Waals surface area (Å²) in [6.45, 7) is 6.76. The summed E-state index contributed by atoms with van der Waals surface area (Å²) in [5.41, 5.74) is 0.521. The third kappa shape index (κ3) is 6.06. The Morgan fingerprint density at radius 2 is 2.03 bits per heavy atom. The van der Waals surface area contributed by atoms with Crippen LogP contribution in [-0.2, 0) is 14.2 Å². The van der Waals surface area contributed by atoms with Crippen LogP contribution in [0.1, 0.15) is 46.5 Å². The number of hydrogen-bond donors (Lipinski definition) is 0. The van der Waals surface area contributed by atoms with Crippen LogP contribution in [0.15, 0.2) is 61.0 Å². The van der Waals surface area contributed by atoms with Gasteiger partial charge in [0.15, 0.2) is 6.26 Å². The zero-order valence-electron chi connectivity index (χ0n) is 19.3. The topological polar surface area (TPSA) is 86.2 Å². The third-order valence-electron chi connectivity index (χ3n) is 5.23. The highest BCUT2D eigenvalue weighted by atomic mass is 16.6.